The van der Waals surface area contributed by atoms with Gasteiger partial charge in [-0.1, -0.05) is 42.5 Å². The van der Waals surface area contributed by atoms with Crippen LogP contribution in [-0.2, 0) is 40.1 Å². The number of hydrogen-bond acceptors (Lipinski definition) is 3. The average Bonchev–Trinajstić information content (AvgIpc) is 3.14. The molecule has 5 rings (SSSR count). The van der Waals surface area contributed by atoms with Crippen LogP contribution in [0.5, 0.6) is 0 Å². The van der Waals surface area contributed by atoms with Crippen molar-refractivity contribution in [1.29, 1.82) is 0 Å². The zero-order chi connectivity index (χ0) is 24.4. The molecule has 4 aromatic rings. The Hall–Kier alpha value is -3.67. The molecule has 1 aliphatic rings. The first-order valence-electron chi connectivity index (χ1n) is 12.2. The highest BCUT2D eigenvalue weighted by atomic mass is 19.1. The molecule has 0 fully saturated rings. The van der Waals surface area contributed by atoms with Crippen molar-refractivity contribution < 1.29 is 18.7 Å². The molecule has 1 amide bonds. The van der Waals surface area contributed by atoms with Crippen molar-refractivity contribution in [3.05, 3.63) is 83.3 Å². The van der Waals surface area contributed by atoms with Crippen molar-refractivity contribution in [2.75, 3.05) is 6.61 Å². The van der Waals surface area contributed by atoms with Crippen LogP contribution in [0.4, 0.5) is 4.39 Å². The maximum Gasteiger partial charge on any atom is 0.325 e. The summed E-state index contributed by atoms with van der Waals surface area (Å²) in [6.07, 6.45) is 3.20. The molecule has 0 spiro atoms. The van der Waals surface area contributed by atoms with Crippen LogP contribution in [0.3, 0.4) is 0 Å². The maximum atomic E-state index is 14.1. The first kappa shape index (κ1) is 23.1. The van der Waals surface area contributed by atoms with Crippen LogP contribution < -0.4 is 5.32 Å². The molecule has 0 unspecified atom stereocenters. The molecule has 1 aromatic heterocycles. The number of halogens is 1. The van der Waals surface area contributed by atoms with Gasteiger partial charge in [-0.2, -0.15) is 0 Å². The molecular formula is C29H29FN2O3. The Morgan fingerprint density at radius 1 is 1.09 bits per heavy atom. The lowest BCUT2D eigenvalue weighted by molar-refractivity contribution is -0.143. The van der Waals surface area contributed by atoms with Crippen LogP contribution in [0.1, 0.15) is 36.6 Å². The first-order chi connectivity index (χ1) is 17.0. The van der Waals surface area contributed by atoms with E-state index < -0.39 is 0 Å². The molecule has 1 heterocycles. The topological polar surface area (TPSA) is 60.3 Å². The van der Waals surface area contributed by atoms with Gasteiger partial charge in [0.25, 0.3) is 0 Å². The van der Waals surface area contributed by atoms with Gasteiger partial charge >= 0.3 is 5.97 Å². The van der Waals surface area contributed by atoms with E-state index >= 15 is 0 Å². The SMILES string of the molecule is CCOC(=O)Cn1c2c(c3cc(F)ccc31)C[C@@H](NC(=O)CCc1ccc3ccccc3c1)CC2. The molecule has 1 aliphatic carbocycles. The fourth-order valence-corrected chi connectivity index (χ4v) is 5.21. The Balaban J connectivity index is 1.28. The Morgan fingerprint density at radius 2 is 1.91 bits per heavy atom. The van der Waals surface area contributed by atoms with Crippen LogP contribution in [-0.4, -0.2) is 29.1 Å². The molecule has 1 atom stereocenters. The van der Waals surface area contributed by atoms with Crippen molar-refractivity contribution in [2.24, 2.45) is 0 Å². The van der Waals surface area contributed by atoms with E-state index in [0.29, 0.717) is 32.3 Å². The molecule has 6 heteroatoms. The summed E-state index contributed by atoms with van der Waals surface area (Å²) in [5, 5.41) is 6.36. The summed E-state index contributed by atoms with van der Waals surface area (Å²) in [4.78, 5) is 25.0. The number of fused-ring (bicyclic) bond motifs is 4. The van der Waals surface area contributed by atoms with E-state index in [4.69, 9.17) is 4.74 Å². The molecular weight excluding hydrogens is 443 g/mol. The molecule has 0 aliphatic heterocycles. The predicted molar refractivity (Wildman–Crippen MR) is 135 cm³/mol. The van der Waals surface area contributed by atoms with Crippen LogP contribution in [0.25, 0.3) is 21.7 Å². The minimum atomic E-state index is -0.310. The molecule has 0 bridgehead atoms. The van der Waals surface area contributed by atoms with Gasteiger partial charge in [-0.3, -0.25) is 9.59 Å². The second-order valence-corrected chi connectivity index (χ2v) is 9.17. The van der Waals surface area contributed by atoms with Gasteiger partial charge in [0.15, 0.2) is 0 Å². The fourth-order valence-electron chi connectivity index (χ4n) is 5.21. The number of rotatable bonds is 7. The number of esters is 1. The van der Waals surface area contributed by atoms with Gasteiger partial charge in [0, 0.05) is 29.1 Å². The number of nitrogens with zero attached hydrogens (tertiary/aromatic N) is 1. The van der Waals surface area contributed by atoms with Crippen molar-refractivity contribution >= 4 is 33.6 Å². The van der Waals surface area contributed by atoms with Crippen LogP contribution >= 0.6 is 0 Å². The maximum absolute atomic E-state index is 14.1. The van der Waals surface area contributed by atoms with Crippen molar-refractivity contribution in [3.8, 4) is 0 Å². The fraction of sp³-hybridized carbons (Fsp3) is 0.310. The summed E-state index contributed by atoms with van der Waals surface area (Å²) in [7, 11) is 0. The minimum Gasteiger partial charge on any atom is -0.465 e. The van der Waals surface area contributed by atoms with E-state index in [9.17, 15) is 14.0 Å². The largest absolute Gasteiger partial charge is 0.465 e. The third kappa shape index (κ3) is 4.92. The van der Waals surface area contributed by atoms with Crippen LogP contribution in [0.2, 0.25) is 0 Å². The monoisotopic (exact) mass is 472 g/mol. The summed E-state index contributed by atoms with van der Waals surface area (Å²) in [6, 6.07) is 19.2. The van der Waals surface area contributed by atoms with Crippen molar-refractivity contribution in [1.82, 2.24) is 9.88 Å². The normalized spacial score (nSPS) is 15.2. The molecule has 5 nitrogen and oxygen atoms in total. The second kappa shape index (κ2) is 9.90. The van der Waals surface area contributed by atoms with Crippen molar-refractivity contribution in [3.63, 3.8) is 0 Å². The van der Waals surface area contributed by atoms with Crippen LogP contribution in [0, 0.1) is 5.82 Å². The minimum absolute atomic E-state index is 0.0171. The Bertz CT molecular complexity index is 1410. The Labute approximate surface area is 203 Å². The standard InChI is InChI=1S/C29H29FN2O3/c1-2-35-29(34)18-32-26-12-10-22(30)16-24(26)25-17-23(11-13-27(25)32)31-28(33)14-8-19-7-9-20-5-3-4-6-21(20)15-19/h3-7,9-10,12,15-16,23H,2,8,11,13-14,17-18H2,1H3,(H,31,33)/t23-/m0/s1. The summed E-state index contributed by atoms with van der Waals surface area (Å²) in [5.74, 6) is -0.594. The number of aryl methyl sites for hydroxylation is 1. The van der Waals surface area contributed by atoms with Gasteiger partial charge in [0.05, 0.1) is 6.61 Å². The van der Waals surface area contributed by atoms with Gasteiger partial charge in [-0.05, 0) is 72.7 Å². The zero-order valence-corrected chi connectivity index (χ0v) is 19.9. The zero-order valence-electron chi connectivity index (χ0n) is 19.9. The highest BCUT2D eigenvalue weighted by Gasteiger charge is 2.27. The molecule has 0 saturated heterocycles. The summed E-state index contributed by atoms with van der Waals surface area (Å²) < 4.78 is 21.2. The van der Waals surface area contributed by atoms with Crippen molar-refractivity contribution in [2.45, 2.75) is 51.6 Å². The lowest BCUT2D eigenvalue weighted by Gasteiger charge is -2.25. The summed E-state index contributed by atoms with van der Waals surface area (Å²) >= 11 is 0. The van der Waals surface area contributed by atoms with Gasteiger partial charge < -0.3 is 14.6 Å². The first-order valence-corrected chi connectivity index (χ1v) is 12.2. The quantitative estimate of drug-likeness (QED) is 0.381. The lowest BCUT2D eigenvalue weighted by Crippen LogP contribution is -2.39. The summed E-state index contributed by atoms with van der Waals surface area (Å²) in [5.41, 5.74) is 4.00. The van der Waals surface area contributed by atoms with Gasteiger partial charge in [0.2, 0.25) is 5.91 Å². The van der Waals surface area contributed by atoms with E-state index in [-0.39, 0.29) is 30.3 Å². The van der Waals surface area contributed by atoms with Gasteiger partial charge in [0.1, 0.15) is 12.4 Å². The molecule has 0 radical (unpaired) electrons. The van der Waals surface area contributed by atoms with E-state index in [1.807, 2.05) is 16.7 Å². The lowest BCUT2D eigenvalue weighted by atomic mass is 9.91. The highest BCUT2D eigenvalue weighted by molar-refractivity contribution is 5.88. The number of hydrogen-bond donors (Lipinski definition) is 1. The third-order valence-corrected chi connectivity index (χ3v) is 6.84. The predicted octanol–water partition coefficient (Wildman–Crippen LogP) is 5.10. The number of benzene rings is 3. The molecule has 180 valence electrons. The molecule has 0 saturated carbocycles. The smallest absolute Gasteiger partial charge is 0.325 e. The molecule has 3 aromatic carbocycles. The highest BCUT2D eigenvalue weighted by Crippen LogP contribution is 2.33. The third-order valence-electron chi connectivity index (χ3n) is 6.84. The van der Waals surface area contributed by atoms with E-state index in [0.717, 1.165) is 34.1 Å². The number of carbonyl (C=O) groups excluding carboxylic acids is 2. The van der Waals surface area contributed by atoms with E-state index in [1.165, 1.54) is 22.9 Å². The Kier molecular flexibility index (Phi) is 6.53. The average molecular weight is 473 g/mol. The number of amides is 1. The number of aromatic nitrogens is 1. The van der Waals surface area contributed by atoms with Gasteiger partial charge in [-0.15, -0.1) is 0 Å². The van der Waals surface area contributed by atoms with Crippen LogP contribution in [0.15, 0.2) is 60.7 Å². The van der Waals surface area contributed by atoms with Gasteiger partial charge in [-0.25, -0.2) is 4.39 Å². The molecule has 35 heavy (non-hydrogen) atoms. The summed E-state index contributed by atoms with van der Waals surface area (Å²) in [6.45, 7) is 2.21. The molecule has 1 N–H and O–H groups in total. The van der Waals surface area contributed by atoms with E-state index in [2.05, 4.69) is 35.6 Å². The number of ether oxygens (including phenoxy) is 1. The number of carbonyl (C=O) groups is 2. The Morgan fingerprint density at radius 3 is 2.74 bits per heavy atom. The second-order valence-electron chi connectivity index (χ2n) is 9.17. The number of nitrogens with one attached hydrogen (secondary N) is 1. The van der Waals surface area contributed by atoms with E-state index in [1.54, 1.807) is 13.0 Å².